The number of esters is 1. The zero-order chi connectivity index (χ0) is 16.4. The summed E-state index contributed by atoms with van der Waals surface area (Å²) in [5.74, 6) is 1.14. The summed E-state index contributed by atoms with van der Waals surface area (Å²) in [6.07, 6.45) is 2.27. The predicted molar refractivity (Wildman–Crippen MR) is 95.5 cm³/mol. The maximum absolute atomic E-state index is 11.2. The Balaban J connectivity index is 2.47. The lowest BCUT2D eigenvalue weighted by Crippen LogP contribution is -2.23. The summed E-state index contributed by atoms with van der Waals surface area (Å²) < 4.78 is 16.9. The van der Waals surface area contributed by atoms with Crippen molar-refractivity contribution >= 4 is 28.6 Å². The lowest BCUT2D eigenvalue weighted by molar-refractivity contribution is -0.140. The summed E-state index contributed by atoms with van der Waals surface area (Å²) in [5, 5.41) is 0. The summed E-state index contributed by atoms with van der Waals surface area (Å²) in [6, 6.07) is 7.90. The first-order chi connectivity index (χ1) is 10.6. The standard InChI is InChI=1S/C17H25IO4/c1-13(11-18)16(5-4-6-17(19)21-3)22-12-14-7-9-15(20-2)10-8-14/h7-10,13,16H,4-6,11-12H2,1-3H3/t13-,16-/m0/s1. The highest BCUT2D eigenvalue weighted by molar-refractivity contribution is 14.1. The second-order valence-corrected chi connectivity index (χ2v) is 6.18. The number of alkyl halides is 1. The molecule has 2 atom stereocenters. The van der Waals surface area contributed by atoms with Gasteiger partial charge < -0.3 is 14.2 Å². The van der Waals surface area contributed by atoms with Gasteiger partial charge in [-0.15, -0.1) is 0 Å². The number of benzene rings is 1. The van der Waals surface area contributed by atoms with Gasteiger partial charge in [0.05, 0.1) is 26.9 Å². The van der Waals surface area contributed by atoms with Gasteiger partial charge >= 0.3 is 5.97 Å². The van der Waals surface area contributed by atoms with Crippen LogP contribution in [0.15, 0.2) is 24.3 Å². The highest BCUT2D eigenvalue weighted by Gasteiger charge is 2.17. The number of ether oxygens (including phenoxy) is 3. The molecule has 0 aromatic heterocycles. The Morgan fingerprint density at radius 1 is 1.23 bits per heavy atom. The van der Waals surface area contributed by atoms with Gasteiger partial charge in [0.25, 0.3) is 0 Å². The maximum Gasteiger partial charge on any atom is 0.305 e. The fourth-order valence-electron chi connectivity index (χ4n) is 2.11. The molecular weight excluding hydrogens is 395 g/mol. The first kappa shape index (κ1) is 19.2. The number of rotatable bonds is 10. The van der Waals surface area contributed by atoms with Crippen LogP contribution in [-0.2, 0) is 20.9 Å². The lowest BCUT2D eigenvalue weighted by atomic mass is 10.0. The van der Waals surface area contributed by atoms with E-state index in [4.69, 9.17) is 9.47 Å². The minimum absolute atomic E-state index is 0.156. The monoisotopic (exact) mass is 420 g/mol. The van der Waals surface area contributed by atoms with Gasteiger partial charge in [-0.05, 0) is 36.5 Å². The van der Waals surface area contributed by atoms with Crippen LogP contribution in [-0.4, -0.2) is 30.7 Å². The van der Waals surface area contributed by atoms with Crippen molar-refractivity contribution in [1.29, 1.82) is 0 Å². The number of hydrogen-bond donors (Lipinski definition) is 0. The molecule has 0 heterocycles. The Bertz CT molecular complexity index is 433. The Hall–Kier alpha value is -0.820. The van der Waals surface area contributed by atoms with Crippen LogP contribution < -0.4 is 4.74 Å². The molecule has 4 nitrogen and oxygen atoms in total. The van der Waals surface area contributed by atoms with Gasteiger partial charge in [-0.25, -0.2) is 0 Å². The molecule has 0 unspecified atom stereocenters. The summed E-state index contributed by atoms with van der Waals surface area (Å²) in [7, 11) is 3.08. The third-order valence-corrected chi connectivity index (χ3v) is 4.99. The Morgan fingerprint density at radius 3 is 2.45 bits per heavy atom. The van der Waals surface area contributed by atoms with Crippen LogP contribution in [0.2, 0.25) is 0 Å². The normalized spacial score (nSPS) is 13.5. The van der Waals surface area contributed by atoms with Crippen LogP contribution in [0.5, 0.6) is 5.75 Å². The lowest BCUT2D eigenvalue weighted by Gasteiger charge is -2.23. The summed E-state index contributed by atoms with van der Waals surface area (Å²) >= 11 is 2.38. The molecule has 124 valence electrons. The van der Waals surface area contributed by atoms with Crippen LogP contribution in [0.3, 0.4) is 0 Å². The Morgan fingerprint density at radius 2 is 1.91 bits per heavy atom. The smallest absolute Gasteiger partial charge is 0.305 e. The molecule has 0 radical (unpaired) electrons. The number of methoxy groups -OCH3 is 2. The molecule has 1 aromatic rings. The van der Waals surface area contributed by atoms with E-state index in [1.807, 2.05) is 24.3 Å². The largest absolute Gasteiger partial charge is 0.497 e. The van der Waals surface area contributed by atoms with Crippen molar-refractivity contribution in [2.45, 2.75) is 38.9 Å². The fraction of sp³-hybridized carbons (Fsp3) is 0.588. The Kier molecular flexibility index (Phi) is 9.47. The highest BCUT2D eigenvalue weighted by Crippen LogP contribution is 2.20. The zero-order valence-corrected chi connectivity index (χ0v) is 15.7. The van der Waals surface area contributed by atoms with E-state index < -0.39 is 0 Å². The van der Waals surface area contributed by atoms with E-state index in [9.17, 15) is 4.79 Å². The predicted octanol–water partition coefficient (Wildman–Crippen LogP) is 3.99. The van der Waals surface area contributed by atoms with Crippen LogP contribution >= 0.6 is 22.6 Å². The molecule has 0 fully saturated rings. The number of hydrogen-bond acceptors (Lipinski definition) is 4. The van der Waals surface area contributed by atoms with E-state index in [2.05, 4.69) is 34.3 Å². The van der Waals surface area contributed by atoms with E-state index in [1.54, 1.807) is 7.11 Å². The summed E-state index contributed by atoms with van der Waals surface area (Å²) in [5.41, 5.74) is 1.12. The van der Waals surface area contributed by atoms with Crippen molar-refractivity contribution in [3.63, 3.8) is 0 Å². The Labute approximate surface area is 146 Å². The van der Waals surface area contributed by atoms with Gasteiger partial charge in [0.2, 0.25) is 0 Å². The molecule has 1 rings (SSSR count). The second-order valence-electron chi connectivity index (χ2n) is 5.30. The molecule has 0 N–H and O–H groups in total. The second kappa shape index (κ2) is 10.8. The van der Waals surface area contributed by atoms with Gasteiger partial charge in [0, 0.05) is 10.8 Å². The maximum atomic E-state index is 11.2. The van der Waals surface area contributed by atoms with Gasteiger partial charge in [-0.1, -0.05) is 41.6 Å². The molecule has 0 aliphatic carbocycles. The van der Waals surface area contributed by atoms with E-state index in [0.29, 0.717) is 18.9 Å². The van der Waals surface area contributed by atoms with Crippen molar-refractivity contribution in [2.75, 3.05) is 18.6 Å². The summed E-state index contributed by atoms with van der Waals surface area (Å²) in [4.78, 5) is 11.2. The number of carbonyl (C=O) groups excluding carboxylic acids is 1. The van der Waals surface area contributed by atoms with Crippen molar-refractivity contribution in [1.82, 2.24) is 0 Å². The van der Waals surface area contributed by atoms with Gasteiger partial charge in [0.1, 0.15) is 5.75 Å². The molecule has 1 aromatic carbocycles. The van der Waals surface area contributed by atoms with E-state index in [0.717, 1.165) is 28.6 Å². The number of halogens is 1. The van der Waals surface area contributed by atoms with Crippen molar-refractivity contribution in [2.24, 2.45) is 5.92 Å². The molecule has 5 heteroatoms. The first-order valence-corrected chi connectivity index (χ1v) is 9.00. The zero-order valence-electron chi connectivity index (χ0n) is 13.5. The summed E-state index contributed by atoms with van der Waals surface area (Å²) in [6.45, 7) is 2.76. The van der Waals surface area contributed by atoms with E-state index in [-0.39, 0.29) is 12.1 Å². The third-order valence-electron chi connectivity index (χ3n) is 3.60. The van der Waals surface area contributed by atoms with Crippen LogP contribution in [0, 0.1) is 5.92 Å². The first-order valence-electron chi connectivity index (χ1n) is 7.48. The van der Waals surface area contributed by atoms with Gasteiger partial charge in [-0.3, -0.25) is 4.79 Å². The molecule has 0 saturated heterocycles. The van der Waals surface area contributed by atoms with Crippen LogP contribution in [0.1, 0.15) is 31.7 Å². The van der Waals surface area contributed by atoms with Crippen molar-refractivity contribution < 1.29 is 19.0 Å². The van der Waals surface area contributed by atoms with E-state index >= 15 is 0 Å². The molecule has 0 aliphatic heterocycles. The number of carbonyl (C=O) groups is 1. The van der Waals surface area contributed by atoms with E-state index in [1.165, 1.54) is 7.11 Å². The van der Waals surface area contributed by atoms with Gasteiger partial charge in [-0.2, -0.15) is 0 Å². The van der Waals surface area contributed by atoms with Crippen LogP contribution in [0.4, 0.5) is 0 Å². The van der Waals surface area contributed by atoms with Gasteiger partial charge in [0.15, 0.2) is 0 Å². The molecule has 0 amide bonds. The average molecular weight is 420 g/mol. The highest BCUT2D eigenvalue weighted by atomic mass is 127. The van der Waals surface area contributed by atoms with Crippen molar-refractivity contribution in [3.05, 3.63) is 29.8 Å². The topological polar surface area (TPSA) is 44.8 Å². The molecule has 22 heavy (non-hydrogen) atoms. The van der Waals surface area contributed by atoms with Crippen molar-refractivity contribution in [3.8, 4) is 5.75 Å². The molecule has 0 aliphatic rings. The molecular formula is C17H25IO4. The third kappa shape index (κ3) is 6.96. The van der Waals surface area contributed by atoms with Crippen LogP contribution in [0.25, 0.3) is 0 Å². The minimum atomic E-state index is -0.156. The fourth-order valence-corrected chi connectivity index (χ4v) is 2.67. The molecule has 0 saturated carbocycles. The average Bonchev–Trinajstić information content (AvgIpc) is 2.57. The quantitative estimate of drug-likeness (QED) is 0.326. The minimum Gasteiger partial charge on any atom is -0.497 e. The molecule has 0 bridgehead atoms. The SMILES string of the molecule is COC(=O)CCC[C@H](OCc1ccc(OC)cc1)[C@@H](C)CI. The molecule has 0 spiro atoms.